The molecule has 2 atom stereocenters. The zero-order valence-electron chi connectivity index (χ0n) is 39.5. The smallest absolute Gasteiger partial charge is 0.0701 e. The Bertz CT molecular complexity index is 721. The number of hydrogen-bond acceptors (Lipinski definition) is 4. The van der Waals surface area contributed by atoms with Crippen LogP contribution < -0.4 is 0 Å². The van der Waals surface area contributed by atoms with Crippen molar-refractivity contribution in [2.45, 2.75) is 234 Å². The predicted molar refractivity (Wildman–Crippen MR) is 252 cm³/mol. The average Bonchev–Trinajstić information content (AvgIpc) is 3.20. The minimum absolute atomic E-state index is 0.714. The molecule has 0 bridgehead atoms. The van der Waals surface area contributed by atoms with Crippen molar-refractivity contribution >= 4 is 0 Å². The van der Waals surface area contributed by atoms with Gasteiger partial charge in [0.1, 0.15) is 0 Å². The van der Waals surface area contributed by atoms with Gasteiger partial charge in [-0.3, -0.25) is 0 Å². The summed E-state index contributed by atoms with van der Waals surface area (Å²) in [4.78, 5) is 5.32. The van der Waals surface area contributed by atoms with Gasteiger partial charge in [-0.2, -0.15) is 0 Å². The Morgan fingerprint density at radius 3 is 0.929 bits per heavy atom. The van der Waals surface area contributed by atoms with Gasteiger partial charge in [0.25, 0.3) is 0 Å². The lowest BCUT2D eigenvalue weighted by molar-refractivity contribution is 0.0285. The minimum Gasteiger partial charge on any atom is -0.378 e. The summed E-state index contributed by atoms with van der Waals surface area (Å²) in [7, 11) is 0. The highest BCUT2D eigenvalue weighted by Crippen LogP contribution is 2.14. The first-order valence-electron chi connectivity index (χ1n) is 25.5. The first kappa shape index (κ1) is 55.3. The molecule has 0 aliphatic rings. The molecule has 0 aliphatic heterocycles. The van der Waals surface area contributed by atoms with E-state index in [1.807, 2.05) is 0 Å². The van der Waals surface area contributed by atoms with Gasteiger partial charge < -0.3 is 19.3 Å². The summed E-state index contributed by atoms with van der Waals surface area (Å²) in [6.45, 7) is 24.0. The first-order valence-corrected chi connectivity index (χ1v) is 25.5. The van der Waals surface area contributed by atoms with Gasteiger partial charge in [0.2, 0.25) is 0 Å². The van der Waals surface area contributed by atoms with Crippen LogP contribution in [0.25, 0.3) is 0 Å². The predicted octanol–water partition coefficient (Wildman–Crippen LogP) is 15.8. The number of ether oxygens (including phenoxy) is 2. The largest absolute Gasteiger partial charge is 0.378 e. The molecule has 0 N–H and O–H groups in total. The zero-order valence-corrected chi connectivity index (χ0v) is 39.5. The molecule has 0 heterocycles. The van der Waals surface area contributed by atoms with Gasteiger partial charge in [-0.05, 0) is 89.1 Å². The normalized spacial score (nSPS) is 13.4. The van der Waals surface area contributed by atoms with Crippen LogP contribution in [0.1, 0.15) is 234 Å². The van der Waals surface area contributed by atoms with Crippen molar-refractivity contribution in [1.82, 2.24) is 9.80 Å². The van der Waals surface area contributed by atoms with Crippen molar-refractivity contribution in [2.24, 2.45) is 11.8 Å². The fourth-order valence-electron chi connectivity index (χ4n) is 7.60. The zero-order chi connectivity index (χ0) is 40.8. The first-order chi connectivity index (χ1) is 27.6. The van der Waals surface area contributed by atoms with Gasteiger partial charge in [0.05, 0.1) is 26.4 Å². The highest BCUT2D eigenvalue weighted by molar-refractivity contribution is 4.82. The number of allylic oxidation sites excluding steroid dienone is 4. The molecule has 0 rings (SSSR count). The fraction of sp³-hybridized carbons (Fsp3) is 0.923. The Morgan fingerprint density at radius 1 is 0.339 bits per heavy atom. The maximum atomic E-state index is 6.08. The molecule has 4 nitrogen and oxygen atoms in total. The van der Waals surface area contributed by atoms with E-state index in [4.69, 9.17) is 9.47 Å². The van der Waals surface area contributed by atoms with E-state index >= 15 is 0 Å². The molecule has 0 amide bonds. The van der Waals surface area contributed by atoms with Crippen molar-refractivity contribution in [3.05, 3.63) is 24.3 Å². The number of nitrogens with zero attached hydrogens (tertiary/aromatic N) is 2. The molecule has 0 saturated heterocycles. The van der Waals surface area contributed by atoms with Gasteiger partial charge in [-0.15, -0.1) is 0 Å². The van der Waals surface area contributed by atoms with E-state index in [2.05, 4.69) is 75.6 Å². The summed E-state index contributed by atoms with van der Waals surface area (Å²) in [5.41, 5.74) is 0. The van der Waals surface area contributed by atoms with Crippen LogP contribution in [0.5, 0.6) is 0 Å². The third-order valence-electron chi connectivity index (χ3n) is 12.0. The SMILES string of the molecule is CCCCCCCCC=CCCCCCCCCN(CCOCCOCCN(CCCCCCCCC=CCCCCCCCC)CC(C)CC)CC(C)CC. The molecular formula is C52H104N2O2. The maximum Gasteiger partial charge on any atom is 0.0701 e. The van der Waals surface area contributed by atoms with Crippen molar-refractivity contribution in [3.8, 4) is 0 Å². The fourth-order valence-corrected chi connectivity index (χ4v) is 7.60. The molecule has 2 unspecified atom stereocenters. The molecule has 0 radical (unpaired) electrons. The molecule has 334 valence electrons. The van der Waals surface area contributed by atoms with Gasteiger partial charge in [0, 0.05) is 26.2 Å². The molecule has 4 heteroatoms. The third kappa shape index (κ3) is 42.9. The summed E-state index contributed by atoms with van der Waals surface area (Å²) < 4.78 is 12.2. The summed E-state index contributed by atoms with van der Waals surface area (Å²) in [5, 5.41) is 0. The number of hydrogen-bond donors (Lipinski definition) is 0. The highest BCUT2D eigenvalue weighted by Gasteiger charge is 2.11. The summed E-state index contributed by atoms with van der Waals surface area (Å²) >= 11 is 0. The Labute approximate surface area is 354 Å². The quantitative estimate of drug-likeness (QED) is 0.0453. The van der Waals surface area contributed by atoms with Crippen LogP contribution >= 0.6 is 0 Å². The minimum atomic E-state index is 0.714. The molecule has 0 aromatic carbocycles. The molecule has 0 saturated carbocycles. The Kier molecular flexibility index (Phi) is 46.4. The molecule has 0 aromatic rings. The molecule has 0 spiro atoms. The summed E-state index contributed by atoms with van der Waals surface area (Å²) in [6.07, 6.45) is 50.7. The van der Waals surface area contributed by atoms with Crippen LogP contribution in [0.3, 0.4) is 0 Å². The van der Waals surface area contributed by atoms with Crippen molar-refractivity contribution in [3.63, 3.8) is 0 Å². The number of unbranched alkanes of at least 4 members (excludes halogenated alkanes) is 24. The van der Waals surface area contributed by atoms with Gasteiger partial charge in [0.15, 0.2) is 0 Å². The lowest BCUT2D eigenvalue weighted by Crippen LogP contribution is -2.33. The standard InChI is InChI=1S/C52H104N2O2/c1-7-11-13-15-17-19-21-23-25-27-29-31-33-35-37-39-41-53(49-51(5)9-3)43-45-55-47-48-56-46-44-54(50-52(6)10-4)42-40-38-36-34-32-30-28-26-24-22-20-18-16-14-12-8-2/h23-26,51-52H,7-22,27-50H2,1-6H3. The van der Waals surface area contributed by atoms with Gasteiger partial charge in [-0.1, -0.05) is 194 Å². The van der Waals surface area contributed by atoms with E-state index in [9.17, 15) is 0 Å². The maximum absolute atomic E-state index is 6.08. The van der Waals surface area contributed by atoms with Crippen LogP contribution in [-0.4, -0.2) is 75.5 Å². The summed E-state index contributed by atoms with van der Waals surface area (Å²) in [6, 6.07) is 0. The average molecular weight is 789 g/mol. The van der Waals surface area contributed by atoms with E-state index in [1.165, 1.54) is 219 Å². The Balaban J connectivity index is 3.95. The van der Waals surface area contributed by atoms with Crippen molar-refractivity contribution in [1.29, 1.82) is 0 Å². The Morgan fingerprint density at radius 2 is 0.625 bits per heavy atom. The van der Waals surface area contributed by atoms with Gasteiger partial charge >= 0.3 is 0 Å². The van der Waals surface area contributed by atoms with Crippen molar-refractivity contribution in [2.75, 3.05) is 65.7 Å². The van der Waals surface area contributed by atoms with Crippen LogP contribution in [0, 0.1) is 11.8 Å². The van der Waals surface area contributed by atoms with E-state index in [-0.39, 0.29) is 0 Å². The van der Waals surface area contributed by atoms with E-state index in [1.54, 1.807) is 0 Å². The Hall–Kier alpha value is -0.680. The van der Waals surface area contributed by atoms with Crippen LogP contribution in [-0.2, 0) is 9.47 Å². The number of rotatable bonds is 47. The lowest BCUT2D eigenvalue weighted by Gasteiger charge is -2.25. The monoisotopic (exact) mass is 789 g/mol. The molecule has 0 aliphatic carbocycles. The van der Waals surface area contributed by atoms with E-state index in [0.29, 0.717) is 13.2 Å². The van der Waals surface area contributed by atoms with E-state index < -0.39 is 0 Å². The van der Waals surface area contributed by atoms with Crippen LogP contribution in [0.2, 0.25) is 0 Å². The lowest BCUT2D eigenvalue weighted by atomic mass is 10.1. The second kappa shape index (κ2) is 47.0. The van der Waals surface area contributed by atoms with Crippen LogP contribution in [0.4, 0.5) is 0 Å². The molecule has 0 aromatic heterocycles. The van der Waals surface area contributed by atoms with Gasteiger partial charge in [-0.25, -0.2) is 0 Å². The molecule has 56 heavy (non-hydrogen) atoms. The third-order valence-corrected chi connectivity index (χ3v) is 12.0. The summed E-state index contributed by atoms with van der Waals surface area (Å²) in [5.74, 6) is 1.50. The molecular weight excluding hydrogens is 685 g/mol. The molecule has 0 fully saturated rings. The van der Waals surface area contributed by atoms with E-state index in [0.717, 1.165) is 38.1 Å². The second-order valence-electron chi connectivity index (χ2n) is 17.7. The van der Waals surface area contributed by atoms with Crippen LogP contribution in [0.15, 0.2) is 24.3 Å². The van der Waals surface area contributed by atoms with Crippen molar-refractivity contribution < 1.29 is 9.47 Å². The highest BCUT2D eigenvalue weighted by atomic mass is 16.5. The second-order valence-corrected chi connectivity index (χ2v) is 17.7. The topological polar surface area (TPSA) is 24.9 Å².